The zero-order valence-electron chi connectivity index (χ0n) is 10.6. The third kappa shape index (κ3) is 1.79. The van der Waals surface area contributed by atoms with Gasteiger partial charge < -0.3 is 8.79 Å². The highest BCUT2D eigenvalue weighted by Crippen LogP contribution is 2.50. The van der Waals surface area contributed by atoms with Crippen LogP contribution in [0.1, 0.15) is 32.1 Å². The Hall–Kier alpha value is 0.137. The summed E-state index contributed by atoms with van der Waals surface area (Å²) >= 11 is 0. The maximum atomic E-state index is 5.96. The van der Waals surface area contributed by atoms with Gasteiger partial charge in [0.15, 0.2) is 5.22 Å². The normalized spacial score (nSPS) is 33.4. The van der Waals surface area contributed by atoms with Crippen LogP contribution in [0, 0.1) is 5.92 Å². The van der Waals surface area contributed by atoms with Gasteiger partial charge in [-0.25, -0.2) is 0 Å². The summed E-state index contributed by atoms with van der Waals surface area (Å²) in [7, 11) is 2.85. The molecule has 0 amide bonds. The van der Waals surface area contributed by atoms with Gasteiger partial charge >= 0.3 is 8.32 Å². The predicted octanol–water partition coefficient (Wildman–Crippen LogP) is 2.89. The first-order chi connectivity index (χ1) is 7.01. The SMILES string of the molecule is C[O+](C)[Si](C)(C)C1(C2CCCCC2)CO1. The molecule has 88 valence electrons. The summed E-state index contributed by atoms with van der Waals surface area (Å²) in [5, 5.41) is 0.265. The number of ether oxygens (including phenoxy) is 1. The molecule has 2 fully saturated rings. The first kappa shape index (κ1) is 11.6. The van der Waals surface area contributed by atoms with E-state index in [1.54, 1.807) is 0 Å². The third-order valence-corrected chi connectivity index (χ3v) is 9.54. The molecule has 0 spiro atoms. The van der Waals surface area contributed by atoms with Crippen LogP contribution in [0.15, 0.2) is 0 Å². The van der Waals surface area contributed by atoms with E-state index >= 15 is 0 Å². The molecule has 3 heteroatoms. The lowest BCUT2D eigenvalue weighted by atomic mass is 9.87. The maximum absolute atomic E-state index is 5.96. The molecule has 0 N–H and O–H groups in total. The third-order valence-electron chi connectivity index (χ3n) is 4.76. The molecule has 2 aliphatic rings. The Bertz CT molecular complexity index is 228. The van der Waals surface area contributed by atoms with Crippen LogP contribution in [0.3, 0.4) is 0 Å². The van der Waals surface area contributed by atoms with Gasteiger partial charge in [0.25, 0.3) is 0 Å². The van der Waals surface area contributed by atoms with Gasteiger partial charge in [-0.15, -0.1) is 0 Å². The summed E-state index contributed by atoms with van der Waals surface area (Å²) in [6, 6.07) is 0. The Labute approximate surface area is 94.8 Å². The van der Waals surface area contributed by atoms with E-state index in [4.69, 9.17) is 4.74 Å². The van der Waals surface area contributed by atoms with Crippen molar-refractivity contribution in [1.29, 1.82) is 0 Å². The van der Waals surface area contributed by atoms with Gasteiger partial charge in [0.05, 0.1) is 6.61 Å². The molecule has 2 rings (SSSR count). The first-order valence-corrected chi connectivity index (χ1v) is 9.13. The highest BCUT2D eigenvalue weighted by molar-refractivity contribution is 6.75. The largest absolute Gasteiger partial charge is 0.522 e. The van der Waals surface area contributed by atoms with E-state index in [0.29, 0.717) is 0 Å². The smallest absolute Gasteiger partial charge is 0.414 e. The van der Waals surface area contributed by atoms with Crippen molar-refractivity contribution < 1.29 is 8.79 Å². The molecule has 0 aromatic rings. The molecule has 0 aromatic carbocycles. The molecule has 1 heterocycles. The lowest BCUT2D eigenvalue weighted by Crippen LogP contribution is -2.56. The van der Waals surface area contributed by atoms with Gasteiger partial charge in [-0.2, -0.15) is 0 Å². The monoisotopic (exact) mass is 229 g/mol. The molecule has 2 nitrogen and oxygen atoms in total. The van der Waals surface area contributed by atoms with Crippen LogP contribution >= 0.6 is 0 Å². The molecule has 0 bridgehead atoms. The number of hydrogen-bond acceptors (Lipinski definition) is 1. The Morgan fingerprint density at radius 2 is 1.67 bits per heavy atom. The van der Waals surface area contributed by atoms with E-state index in [9.17, 15) is 0 Å². The fraction of sp³-hybridized carbons (Fsp3) is 1.00. The lowest BCUT2D eigenvalue weighted by molar-refractivity contribution is 0.0740. The van der Waals surface area contributed by atoms with Crippen LogP contribution in [0.5, 0.6) is 0 Å². The maximum Gasteiger partial charge on any atom is 0.414 e. The molecule has 15 heavy (non-hydrogen) atoms. The van der Waals surface area contributed by atoms with Crippen molar-refractivity contribution in [3.63, 3.8) is 0 Å². The highest BCUT2D eigenvalue weighted by atomic mass is 28.4. The standard InChI is InChI=1S/C12H25O2Si/c1-14(2)15(3,4)12(10-13-12)11-8-6-5-7-9-11/h11H,5-10H2,1-4H3/q+1. The van der Waals surface area contributed by atoms with Gasteiger partial charge in [-0.3, -0.25) is 0 Å². The van der Waals surface area contributed by atoms with Gasteiger partial charge in [0.1, 0.15) is 14.2 Å². The zero-order chi connectivity index (χ0) is 11.1. The minimum Gasteiger partial charge on any atom is -0.522 e. The Morgan fingerprint density at radius 3 is 2.07 bits per heavy atom. The Balaban J connectivity index is 2.12. The Morgan fingerprint density at radius 1 is 1.13 bits per heavy atom. The number of rotatable bonds is 3. The summed E-state index contributed by atoms with van der Waals surface area (Å²) in [4.78, 5) is 0. The molecule has 0 radical (unpaired) electrons. The molecule has 1 atom stereocenters. The second-order valence-corrected chi connectivity index (χ2v) is 10.5. The summed E-state index contributed by atoms with van der Waals surface area (Å²) in [5.41, 5.74) is 0. The second kappa shape index (κ2) is 3.86. The minimum absolute atomic E-state index is 0.265. The fourth-order valence-corrected chi connectivity index (χ4v) is 5.80. The summed E-state index contributed by atoms with van der Waals surface area (Å²) < 4.78 is 9.24. The molecule has 0 aromatic heterocycles. The average Bonchev–Trinajstić information content (AvgIpc) is 3.00. The molecule has 1 saturated carbocycles. The first-order valence-electron chi connectivity index (χ1n) is 6.22. The Kier molecular flexibility index (Phi) is 2.99. The van der Waals surface area contributed by atoms with Crippen LogP contribution in [0.2, 0.25) is 13.1 Å². The number of hydrogen-bond donors (Lipinski definition) is 0. The summed E-state index contributed by atoms with van der Waals surface area (Å²) in [5.74, 6) is 0.836. The average molecular weight is 229 g/mol. The van der Waals surface area contributed by atoms with Crippen molar-refractivity contribution in [3.8, 4) is 0 Å². The minimum atomic E-state index is -1.46. The second-order valence-electron chi connectivity index (χ2n) is 5.84. The highest BCUT2D eigenvalue weighted by Gasteiger charge is 2.70. The van der Waals surface area contributed by atoms with Gasteiger partial charge in [-0.1, -0.05) is 19.3 Å². The van der Waals surface area contributed by atoms with Crippen molar-refractivity contribution in [2.24, 2.45) is 5.92 Å². The van der Waals surface area contributed by atoms with Crippen molar-refractivity contribution in [1.82, 2.24) is 0 Å². The molecular formula is C12H25O2Si+. The number of epoxide rings is 1. The lowest BCUT2D eigenvalue weighted by Gasteiger charge is -2.37. The molecule has 1 aliphatic carbocycles. The summed E-state index contributed by atoms with van der Waals surface area (Å²) in [6.07, 6.45) is 7.05. The quantitative estimate of drug-likeness (QED) is 0.413. The van der Waals surface area contributed by atoms with Crippen LogP contribution < -0.4 is 0 Å². The van der Waals surface area contributed by atoms with E-state index in [0.717, 1.165) is 12.5 Å². The molecule has 1 aliphatic heterocycles. The molecular weight excluding hydrogens is 204 g/mol. The van der Waals surface area contributed by atoms with Gasteiger partial charge in [0.2, 0.25) is 0 Å². The van der Waals surface area contributed by atoms with Crippen LogP contribution in [0.25, 0.3) is 0 Å². The van der Waals surface area contributed by atoms with Crippen molar-refractivity contribution in [2.45, 2.75) is 50.4 Å². The van der Waals surface area contributed by atoms with E-state index < -0.39 is 8.32 Å². The van der Waals surface area contributed by atoms with Gasteiger partial charge in [0, 0.05) is 13.1 Å². The van der Waals surface area contributed by atoms with Crippen molar-refractivity contribution >= 4 is 8.32 Å². The zero-order valence-corrected chi connectivity index (χ0v) is 11.6. The van der Waals surface area contributed by atoms with E-state index in [1.165, 1.54) is 32.1 Å². The van der Waals surface area contributed by atoms with E-state index in [1.807, 2.05) is 0 Å². The molecule has 1 unspecified atom stereocenters. The summed E-state index contributed by atoms with van der Waals surface area (Å²) in [6.45, 7) is 5.88. The fourth-order valence-electron chi connectivity index (χ4n) is 3.07. The van der Waals surface area contributed by atoms with Crippen LogP contribution in [0.4, 0.5) is 0 Å². The van der Waals surface area contributed by atoms with Gasteiger partial charge in [-0.05, 0) is 18.8 Å². The van der Waals surface area contributed by atoms with E-state index in [-0.39, 0.29) is 5.22 Å². The topological polar surface area (TPSA) is 15.2 Å². The van der Waals surface area contributed by atoms with Crippen LogP contribution in [-0.2, 0) is 8.79 Å². The molecule has 1 saturated heterocycles. The van der Waals surface area contributed by atoms with Crippen LogP contribution in [-0.4, -0.2) is 34.4 Å². The van der Waals surface area contributed by atoms with Crippen molar-refractivity contribution in [3.05, 3.63) is 0 Å². The predicted molar refractivity (Wildman–Crippen MR) is 65.7 cm³/mol. The van der Waals surface area contributed by atoms with E-state index in [2.05, 4.69) is 31.4 Å². The van der Waals surface area contributed by atoms with Crippen molar-refractivity contribution in [2.75, 3.05) is 20.8 Å².